The van der Waals surface area contributed by atoms with Gasteiger partial charge in [-0.1, -0.05) is 36.8 Å². The first-order chi connectivity index (χ1) is 13.8. The third-order valence-electron chi connectivity index (χ3n) is 5.27. The van der Waals surface area contributed by atoms with Crippen LogP contribution in [0, 0.1) is 20.8 Å². The highest BCUT2D eigenvalue weighted by Gasteiger charge is 2.22. The summed E-state index contributed by atoms with van der Waals surface area (Å²) in [5.41, 5.74) is 4.63. The number of hydrogen-bond donors (Lipinski definition) is 2. The van der Waals surface area contributed by atoms with Crippen molar-refractivity contribution in [1.82, 2.24) is 14.9 Å². The number of aromatic nitrogens is 2. The van der Waals surface area contributed by atoms with E-state index in [2.05, 4.69) is 27.4 Å². The summed E-state index contributed by atoms with van der Waals surface area (Å²) in [6, 6.07) is 11.0. The average molecular weight is 393 g/mol. The monoisotopic (exact) mass is 392 g/mol. The molecule has 0 saturated carbocycles. The molecule has 29 heavy (non-hydrogen) atoms. The van der Waals surface area contributed by atoms with E-state index in [0.29, 0.717) is 29.8 Å². The van der Waals surface area contributed by atoms with Gasteiger partial charge < -0.3 is 10.3 Å². The van der Waals surface area contributed by atoms with Gasteiger partial charge in [0, 0.05) is 5.69 Å². The number of rotatable bonds is 6. The maximum absolute atomic E-state index is 12.9. The normalized spacial score (nSPS) is 12.3. The van der Waals surface area contributed by atoms with E-state index in [1.54, 1.807) is 6.07 Å². The van der Waals surface area contributed by atoms with E-state index >= 15 is 0 Å². The molecule has 1 unspecified atom stereocenters. The summed E-state index contributed by atoms with van der Waals surface area (Å²) in [6.45, 7) is 10.9. The number of fused-ring (bicyclic) bond motifs is 1. The van der Waals surface area contributed by atoms with Gasteiger partial charge in [0.05, 0.1) is 23.5 Å². The van der Waals surface area contributed by atoms with Gasteiger partial charge in [-0.15, -0.1) is 0 Å². The Bertz CT molecular complexity index is 1080. The van der Waals surface area contributed by atoms with Crippen molar-refractivity contribution < 1.29 is 4.79 Å². The van der Waals surface area contributed by atoms with Gasteiger partial charge in [0.2, 0.25) is 5.91 Å². The van der Waals surface area contributed by atoms with Crippen molar-refractivity contribution in [2.75, 3.05) is 11.9 Å². The highest BCUT2D eigenvalue weighted by atomic mass is 16.2. The Kier molecular flexibility index (Phi) is 6.13. The quantitative estimate of drug-likeness (QED) is 0.671. The van der Waals surface area contributed by atoms with Crippen molar-refractivity contribution in [3.8, 4) is 0 Å². The van der Waals surface area contributed by atoms with E-state index in [4.69, 9.17) is 0 Å². The van der Waals surface area contributed by atoms with Gasteiger partial charge >= 0.3 is 0 Å². The van der Waals surface area contributed by atoms with Crippen LogP contribution in [0.15, 0.2) is 41.2 Å². The van der Waals surface area contributed by atoms with Gasteiger partial charge in [-0.2, -0.15) is 0 Å². The highest BCUT2D eigenvalue weighted by molar-refractivity contribution is 5.96. The lowest BCUT2D eigenvalue weighted by atomic mass is 10.0. The zero-order valence-electron chi connectivity index (χ0n) is 17.7. The number of carbonyl (C=O) groups excluding carboxylic acids is 1. The van der Waals surface area contributed by atoms with Crippen LogP contribution >= 0.6 is 0 Å². The third kappa shape index (κ3) is 4.54. The van der Waals surface area contributed by atoms with Crippen LogP contribution in [0.3, 0.4) is 0 Å². The fourth-order valence-corrected chi connectivity index (χ4v) is 3.70. The molecule has 0 aliphatic carbocycles. The zero-order chi connectivity index (χ0) is 21.1. The topological polar surface area (TPSA) is 78.1 Å². The number of amides is 1. The first-order valence-electron chi connectivity index (χ1n) is 9.90. The Morgan fingerprint density at radius 2 is 1.83 bits per heavy atom. The molecular formula is C23H28N4O2. The van der Waals surface area contributed by atoms with E-state index in [9.17, 15) is 9.59 Å². The lowest BCUT2D eigenvalue weighted by molar-refractivity contribution is -0.120. The summed E-state index contributed by atoms with van der Waals surface area (Å²) in [5, 5.41) is 3.64. The van der Waals surface area contributed by atoms with Crippen LogP contribution in [-0.4, -0.2) is 33.4 Å². The summed E-state index contributed by atoms with van der Waals surface area (Å²) < 4.78 is 0. The maximum Gasteiger partial charge on any atom is 0.258 e. The minimum absolute atomic E-state index is 0.0787. The fourth-order valence-electron chi connectivity index (χ4n) is 3.70. The molecule has 0 spiro atoms. The Balaban J connectivity index is 1.79. The Morgan fingerprint density at radius 1 is 1.17 bits per heavy atom. The molecule has 0 radical (unpaired) electrons. The van der Waals surface area contributed by atoms with Crippen molar-refractivity contribution in [2.45, 2.75) is 47.2 Å². The molecular weight excluding hydrogens is 364 g/mol. The number of likely N-dealkylation sites (N-methyl/N-ethyl adjacent to an activating group) is 1. The molecule has 2 aromatic carbocycles. The molecule has 1 aromatic heterocycles. The molecule has 0 aliphatic heterocycles. The van der Waals surface area contributed by atoms with E-state index in [1.807, 2.05) is 57.7 Å². The van der Waals surface area contributed by atoms with Gasteiger partial charge in [-0.3, -0.25) is 14.5 Å². The second-order valence-electron chi connectivity index (χ2n) is 7.53. The van der Waals surface area contributed by atoms with Crippen molar-refractivity contribution in [1.29, 1.82) is 0 Å². The molecule has 1 amide bonds. The summed E-state index contributed by atoms with van der Waals surface area (Å²) >= 11 is 0. The average Bonchev–Trinajstić information content (AvgIpc) is 2.68. The van der Waals surface area contributed by atoms with Crippen molar-refractivity contribution in [3.05, 3.63) is 69.3 Å². The van der Waals surface area contributed by atoms with Crippen LogP contribution in [0.4, 0.5) is 5.69 Å². The van der Waals surface area contributed by atoms with E-state index in [-0.39, 0.29) is 17.5 Å². The van der Waals surface area contributed by atoms with Gasteiger partial charge in [0.15, 0.2) is 0 Å². The summed E-state index contributed by atoms with van der Waals surface area (Å²) in [5.74, 6) is 0.475. The molecule has 1 heterocycles. The van der Waals surface area contributed by atoms with E-state index in [1.165, 1.54) is 5.56 Å². The van der Waals surface area contributed by atoms with Crippen LogP contribution in [0.25, 0.3) is 10.9 Å². The van der Waals surface area contributed by atoms with Crippen molar-refractivity contribution >= 4 is 22.5 Å². The molecule has 6 heteroatoms. The second-order valence-corrected chi connectivity index (χ2v) is 7.53. The largest absolute Gasteiger partial charge is 0.324 e. The number of para-hydroxylation sites is 1. The number of H-pyrrole nitrogens is 1. The molecule has 0 saturated heterocycles. The second kappa shape index (κ2) is 8.57. The van der Waals surface area contributed by atoms with Gasteiger partial charge in [0.1, 0.15) is 5.82 Å². The van der Waals surface area contributed by atoms with Crippen LogP contribution in [-0.2, 0) is 11.3 Å². The lowest BCUT2D eigenvalue weighted by Crippen LogP contribution is -2.42. The first kappa shape index (κ1) is 20.7. The number of carbonyl (C=O) groups is 1. The SMILES string of the molecule is CCN(Cc1nc2ccccc2c(=O)[nH]1)C(C)C(=O)Nc1c(C)cc(C)cc1C. The van der Waals surface area contributed by atoms with E-state index in [0.717, 1.165) is 16.8 Å². The summed E-state index contributed by atoms with van der Waals surface area (Å²) in [7, 11) is 0. The molecule has 2 N–H and O–H groups in total. The van der Waals surface area contributed by atoms with Gasteiger partial charge in [-0.25, -0.2) is 4.98 Å². The third-order valence-corrected chi connectivity index (χ3v) is 5.27. The van der Waals surface area contributed by atoms with Crippen LogP contribution in [0.5, 0.6) is 0 Å². The molecule has 0 fully saturated rings. The minimum atomic E-state index is -0.378. The number of aromatic amines is 1. The van der Waals surface area contributed by atoms with E-state index < -0.39 is 0 Å². The molecule has 3 rings (SSSR count). The van der Waals surface area contributed by atoms with Crippen molar-refractivity contribution in [2.24, 2.45) is 0 Å². The Labute approximate surface area is 171 Å². The minimum Gasteiger partial charge on any atom is -0.324 e. The number of hydrogen-bond acceptors (Lipinski definition) is 4. The predicted octanol–water partition coefficient (Wildman–Crippen LogP) is 3.70. The number of benzene rings is 2. The highest BCUT2D eigenvalue weighted by Crippen LogP contribution is 2.22. The standard InChI is InChI=1S/C23H28N4O2/c1-6-27(13-20-24-19-10-8-7-9-18(19)23(29)25-20)17(5)22(28)26-21-15(3)11-14(2)12-16(21)4/h7-12,17H,6,13H2,1-5H3,(H,26,28)(H,24,25,29). The summed E-state index contributed by atoms with van der Waals surface area (Å²) in [6.07, 6.45) is 0. The smallest absolute Gasteiger partial charge is 0.258 e. The Morgan fingerprint density at radius 3 is 2.48 bits per heavy atom. The molecule has 152 valence electrons. The zero-order valence-corrected chi connectivity index (χ0v) is 17.7. The predicted molar refractivity (Wildman–Crippen MR) is 117 cm³/mol. The number of aryl methyl sites for hydroxylation is 3. The molecule has 0 bridgehead atoms. The van der Waals surface area contributed by atoms with Crippen LogP contribution in [0.1, 0.15) is 36.4 Å². The summed E-state index contributed by atoms with van der Waals surface area (Å²) in [4.78, 5) is 34.6. The maximum atomic E-state index is 12.9. The lowest BCUT2D eigenvalue weighted by Gasteiger charge is -2.27. The van der Waals surface area contributed by atoms with Crippen LogP contribution < -0.4 is 10.9 Å². The van der Waals surface area contributed by atoms with Gasteiger partial charge in [0.25, 0.3) is 5.56 Å². The van der Waals surface area contributed by atoms with Crippen LogP contribution in [0.2, 0.25) is 0 Å². The number of nitrogens with one attached hydrogen (secondary N) is 2. The number of nitrogens with zero attached hydrogens (tertiary/aromatic N) is 2. The molecule has 3 aromatic rings. The molecule has 1 atom stereocenters. The Hall–Kier alpha value is -2.99. The van der Waals surface area contributed by atoms with Gasteiger partial charge in [-0.05, 0) is 57.5 Å². The fraction of sp³-hybridized carbons (Fsp3) is 0.348. The first-order valence-corrected chi connectivity index (χ1v) is 9.90. The molecule has 0 aliphatic rings. The molecule has 6 nitrogen and oxygen atoms in total. The number of anilines is 1. The van der Waals surface area contributed by atoms with Crippen molar-refractivity contribution in [3.63, 3.8) is 0 Å².